The summed E-state index contributed by atoms with van der Waals surface area (Å²) in [6, 6.07) is 9.46. The van der Waals surface area contributed by atoms with Crippen molar-refractivity contribution in [2.24, 2.45) is 0 Å². The summed E-state index contributed by atoms with van der Waals surface area (Å²) in [6.07, 6.45) is 4.28. The Kier molecular flexibility index (Phi) is 5.06. The second kappa shape index (κ2) is 7.25. The van der Waals surface area contributed by atoms with Gasteiger partial charge in [-0.2, -0.15) is 0 Å². The third kappa shape index (κ3) is 3.67. The Hall–Kier alpha value is -2.37. The molecular weight excluding hydrogens is 318 g/mol. The second-order valence-electron chi connectivity index (χ2n) is 7.08. The van der Waals surface area contributed by atoms with Crippen LogP contribution in [0.1, 0.15) is 50.5 Å². The van der Waals surface area contributed by atoms with Gasteiger partial charge in [0.25, 0.3) is 5.91 Å². The maximum absolute atomic E-state index is 12.7. The quantitative estimate of drug-likeness (QED) is 0.804. The zero-order chi connectivity index (χ0) is 17.9. The SMILES string of the molecule is CC(CNC(=O)CN1C(=O)NC2(CCCCC2)C1=O)c1ccccc1. The number of nitrogens with one attached hydrogen (secondary N) is 2. The minimum Gasteiger partial charge on any atom is -0.354 e. The van der Waals surface area contributed by atoms with Gasteiger partial charge in [0.15, 0.2) is 0 Å². The molecule has 2 fully saturated rings. The van der Waals surface area contributed by atoms with Crippen molar-refractivity contribution in [1.29, 1.82) is 0 Å². The fourth-order valence-electron chi connectivity index (χ4n) is 3.68. The average molecular weight is 343 g/mol. The van der Waals surface area contributed by atoms with Crippen molar-refractivity contribution in [2.75, 3.05) is 13.1 Å². The summed E-state index contributed by atoms with van der Waals surface area (Å²) in [5.74, 6) is -0.388. The molecule has 134 valence electrons. The molecule has 1 unspecified atom stereocenters. The first kappa shape index (κ1) is 17.5. The molecule has 0 radical (unpaired) electrons. The molecule has 0 bridgehead atoms. The first-order chi connectivity index (χ1) is 12.0. The van der Waals surface area contributed by atoms with Gasteiger partial charge in [0.2, 0.25) is 5.91 Å². The number of hydrogen-bond donors (Lipinski definition) is 2. The van der Waals surface area contributed by atoms with Gasteiger partial charge in [-0.1, -0.05) is 56.5 Å². The highest BCUT2D eigenvalue weighted by Crippen LogP contribution is 2.33. The van der Waals surface area contributed by atoms with Crippen LogP contribution in [0.25, 0.3) is 0 Å². The summed E-state index contributed by atoms with van der Waals surface area (Å²) in [6.45, 7) is 2.28. The third-order valence-corrected chi connectivity index (χ3v) is 5.23. The van der Waals surface area contributed by atoms with Crippen molar-refractivity contribution < 1.29 is 14.4 Å². The van der Waals surface area contributed by atoms with E-state index in [9.17, 15) is 14.4 Å². The molecule has 2 aliphatic rings. The number of nitrogens with zero attached hydrogens (tertiary/aromatic N) is 1. The second-order valence-corrected chi connectivity index (χ2v) is 7.08. The van der Waals surface area contributed by atoms with E-state index in [1.54, 1.807) is 0 Å². The van der Waals surface area contributed by atoms with Crippen molar-refractivity contribution in [1.82, 2.24) is 15.5 Å². The van der Waals surface area contributed by atoms with Crippen molar-refractivity contribution >= 4 is 17.8 Å². The van der Waals surface area contributed by atoms with Crippen molar-refractivity contribution in [3.05, 3.63) is 35.9 Å². The molecule has 0 aromatic heterocycles. The zero-order valence-electron chi connectivity index (χ0n) is 14.6. The monoisotopic (exact) mass is 343 g/mol. The molecule has 3 rings (SSSR count). The summed E-state index contributed by atoms with van der Waals surface area (Å²) < 4.78 is 0. The Morgan fingerprint density at radius 2 is 1.88 bits per heavy atom. The molecule has 1 atom stereocenters. The van der Waals surface area contributed by atoms with Gasteiger partial charge in [-0.3, -0.25) is 14.5 Å². The van der Waals surface area contributed by atoms with Gasteiger partial charge in [-0.25, -0.2) is 4.79 Å². The molecule has 6 heteroatoms. The Labute approximate surface area is 148 Å². The van der Waals surface area contributed by atoms with Crippen LogP contribution in [-0.4, -0.2) is 41.4 Å². The fourth-order valence-corrected chi connectivity index (χ4v) is 3.68. The number of carbonyl (C=O) groups is 3. The minimum atomic E-state index is -0.771. The van der Waals surface area contributed by atoms with Crippen LogP contribution in [0, 0.1) is 0 Å². The first-order valence-corrected chi connectivity index (χ1v) is 8.97. The molecular formula is C19H25N3O3. The van der Waals surface area contributed by atoms with Crippen LogP contribution in [-0.2, 0) is 9.59 Å². The highest BCUT2D eigenvalue weighted by atomic mass is 16.2. The number of hydrogen-bond acceptors (Lipinski definition) is 3. The molecule has 2 N–H and O–H groups in total. The lowest BCUT2D eigenvalue weighted by atomic mass is 9.82. The molecule has 4 amide bonds. The van der Waals surface area contributed by atoms with E-state index in [4.69, 9.17) is 0 Å². The van der Waals surface area contributed by atoms with E-state index in [1.807, 2.05) is 37.3 Å². The summed E-state index contributed by atoms with van der Waals surface area (Å²) >= 11 is 0. The van der Waals surface area contributed by atoms with E-state index in [0.717, 1.165) is 29.7 Å². The van der Waals surface area contributed by atoms with E-state index in [0.29, 0.717) is 19.4 Å². The van der Waals surface area contributed by atoms with Crippen LogP contribution in [0.2, 0.25) is 0 Å². The van der Waals surface area contributed by atoms with Crippen LogP contribution >= 0.6 is 0 Å². The van der Waals surface area contributed by atoms with Gasteiger partial charge in [-0.15, -0.1) is 0 Å². The average Bonchev–Trinajstić information content (AvgIpc) is 2.85. The summed E-state index contributed by atoms with van der Waals surface area (Å²) in [4.78, 5) is 38.1. The lowest BCUT2D eigenvalue weighted by Gasteiger charge is -2.30. The van der Waals surface area contributed by atoms with Gasteiger partial charge in [0.1, 0.15) is 12.1 Å². The Balaban J connectivity index is 1.54. The van der Waals surface area contributed by atoms with Crippen molar-refractivity contribution in [3.8, 4) is 0 Å². The Morgan fingerprint density at radius 1 is 1.20 bits per heavy atom. The molecule has 1 spiro atoms. The zero-order valence-corrected chi connectivity index (χ0v) is 14.6. The maximum Gasteiger partial charge on any atom is 0.325 e. The normalized spacial score (nSPS) is 20.4. The smallest absolute Gasteiger partial charge is 0.325 e. The van der Waals surface area contributed by atoms with E-state index in [1.165, 1.54) is 0 Å². The van der Waals surface area contributed by atoms with Crippen LogP contribution in [0.15, 0.2) is 30.3 Å². The number of benzene rings is 1. The fraction of sp³-hybridized carbons (Fsp3) is 0.526. The lowest BCUT2D eigenvalue weighted by molar-refractivity contribution is -0.135. The predicted molar refractivity (Wildman–Crippen MR) is 93.9 cm³/mol. The van der Waals surface area contributed by atoms with Crippen LogP contribution < -0.4 is 10.6 Å². The van der Waals surface area contributed by atoms with Gasteiger partial charge in [0.05, 0.1) is 0 Å². The molecule has 25 heavy (non-hydrogen) atoms. The van der Waals surface area contributed by atoms with Crippen LogP contribution in [0.5, 0.6) is 0 Å². The largest absolute Gasteiger partial charge is 0.354 e. The molecule has 1 saturated heterocycles. The number of carbonyl (C=O) groups excluding carboxylic acids is 3. The number of urea groups is 1. The molecule has 6 nitrogen and oxygen atoms in total. The predicted octanol–water partition coefficient (Wildman–Crippen LogP) is 2.16. The topological polar surface area (TPSA) is 78.5 Å². The van der Waals surface area contributed by atoms with Gasteiger partial charge >= 0.3 is 6.03 Å². The summed E-state index contributed by atoms with van der Waals surface area (Å²) in [5, 5.41) is 5.65. The molecule has 1 heterocycles. The van der Waals surface area contributed by atoms with E-state index >= 15 is 0 Å². The molecule has 1 aromatic rings. The number of rotatable bonds is 5. The standard InChI is InChI=1S/C19H25N3O3/c1-14(15-8-4-2-5-9-15)12-20-16(23)13-22-17(24)19(21-18(22)25)10-6-3-7-11-19/h2,4-5,8-9,14H,3,6-7,10-13H2,1H3,(H,20,23)(H,21,25). The maximum atomic E-state index is 12.7. The van der Waals surface area contributed by atoms with Crippen molar-refractivity contribution in [2.45, 2.75) is 50.5 Å². The van der Waals surface area contributed by atoms with Gasteiger partial charge < -0.3 is 10.6 Å². The molecule has 1 aliphatic heterocycles. The summed E-state index contributed by atoms with van der Waals surface area (Å²) in [5.41, 5.74) is 0.367. The minimum absolute atomic E-state index is 0.165. The number of amides is 4. The first-order valence-electron chi connectivity index (χ1n) is 8.97. The van der Waals surface area contributed by atoms with Crippen LogP contribution in [0.3, 0.4) is 0 Å². The lowest BCUT2D eigenvalue weighted by Crippen LogP contribution is -2.49. The third-order valence-electron chi connectivity index (χ3n) is 5.23. The van der Waals surface area contributed by atoms with E-state index in [2.05, 4.69) is 10.6 Å². The van der Waals surface area contributed by atoms with E-state index < -0.39 is 11.6 Å². The highest BCUT2D eigenvalue weighted by molar-refractivity contribution is 6.09. The molecule has 1 saturated carbocycles. The van der Waals surface area contributed by atoms with Crippen LogP contribution in [0.4, 0.5) is 4.79 Å². The van der Waals surface area contributed by atoms with E-state index in [-0.39, 0.29) is 24.3 Å². The van der Waals surface area contributed by atoms with Gasteiger partial charge in [0, 0.05) is 6.54 Å². The Bertz CT molecular complexity index is 653. The summed E-state index contributed by atoms with van der Waals surface area (Å²) in [7, 11) is 0. The highest BCUT2D eigenvalue weighted by Gasteiger charge is 2.51. The number of imide groups is 1. The van der Waals surface area contributed by atoms with Crippen molar-refractivity contribution in [3.63, 3.8) is 0 Å². The molecule has 1 aromatic carbocycles. The Morgan fingerprint density at radius 3 is 2.56 bits per heavy atom. The molecule has 1 aliphatic carbocycles. The van der Waals surface area contributed by atoms with Gasteiger partial charge in [-0.05, 0) is 24.3 Å².